The summed E-state index contributed by atoms with van der Waals surface area (Å²) in [5, 5.41) is 29.0. The second kappa shape index (κ2) is 19.4. The number of aliphatic carboxylic acids is 1. The highest BCUT2D eigenvalue weighted by Gasteiger charge is 2.58. The highest BCUT2D eigenvalue weighted by atomic mass is 16.7. The van der Waals surface area contributed by atoms with Gasteiger partial charge in [-0.1, -0.05) is 53.7 Å². The molecule has 0 aliphatic carbocycles. The Morgan fingerprint density at radius 3 is 2.25 bits per heavy atom. The van der Waals surface area contributed by atoms with Gasteiger partial charge in [0.2, 0.25) is 0 Å². The van der Waals surface area contributed by atoms with Gasteiger partial charge in [-0.2, -0.15) is 0 Å². The first kappa shape index (κ1) is 48.0. The number of aliphatic hydroxyl groups excluding tert-OH is 1. The van der Waals surface area contributed by atoms with Crippen LogP contribution in [0.2, 0.25) is 0 Å². The van der Waals surface area contributed by atoms with Crippen molar-refractivity contribution in [1.82, 2.24) is 19.9 Å². The molecule has 59 heavy (non-hydrogen) atoms. The molecule has 0 radical (unpaired) electrons. The summed E-state index contributed by atoms with van der Waals surface area (Å²) in [5.41, 5.74) is -1.72. The van der Waals surface area contributed by atoms with E-state index in [2.05, 4.69) is 10.3 Å². The van der Waals surface area contributed by atoms with E-state index in [4.69, 9.17) is 33.2 Å². The largest absolute Gasteiger partial charge is 0.488 e. The molecule has 0 amide bonds. The number of hydrogen-bond acceptors (Lipinski definition) is 15. The number of ether oxygens (including phenoxy) is 7. The van der Waals surface area contributed by atoms with E-state index < -0.39 is 108 Å². The topological polar surface area (TPSA) is 207 Å². The monoisotopic (exact) mass is 836 g/mol. The van der Waals surface area contributed by atoms with Crippen molar-refractivity contribution in [3.63, 3.8) is 0 Å². The first-order valence-corrected chi connectivity index (χ1v) is 20.8. The van der Waals surface area contributed by atoms with Gasteiger partial charge in [0.15, 0.2) is 18.0 Å². The summed E-state index contributed by atoms with van der Waals surface area (Å²) in [4.78, 5) is 55.0. The Morgan fingerprint density at radius 2 is 1.68 bits per heavy atom. The molecular formula is C42H68N4O13. The minimum absolute atomic E-state index is 0.160. The summed E-state index contributed by atoms with van der Waals surface area (Å²) >= 11 is 0. The minimum Gasteiger partial charge on any atom is -0.488 e. The third-order valence-corrected chi connectivity index (χ3v) is 11.9. The SMILES string of the molecule is CC[C@H]1OC(=O)[C@H](C)[C@@H](OCc2cn(CC(=O)O)nn2)[C@H](C)[C@@H](O[C@@H]2O[C@H](C)C[C@H](N(C)C)[C@H]2O)[C@@]2(C)CC(C)=C(O2)[C@H](C)[C@@H](OC(=O)C(C)C)[C@]1(C)OC(=O)C(C)C. The second-order valence-corrected chi connectivity index (χ2v) is 18.0. The maximum atomic E-state index is 14.6. The zero-order valence-corrected chi connectivity index (χ0v) is 37.3. The van der Waals surface area contributed by atoms with Crippen molar-refractivity contribution >= 4 is 23.9 Å². The fourth-order valence-corrected chi connectivity index (χ4v) is 8.72. The lowest BCUT2D eigenvalue weighted by Gasteiger charge is -2.47. The van der Waals surface area contributed by atoms with Gasteiger partial charge in [-0.25, -0.2) is 4.68 Å². The number of carbonyl (C=O) groups is 4. The lowest BCUT2D eigenvalue weighted by atomic mass is 9.78. The fourth-order valence-electron chi connectivity index (χ4n) is 8.72. The molecule has 4 heterocycles. The summed E-state index contributed by atoms with van der Waals surface area (Å²) in [5.74, 6) is -5.91. The van der Waals surface area contributed by atoms with E-state index >= 15 is 0 Å². The summed E-state index contributed by atoms with van der Waals surface area (Å²) in [6, 6.07) is -0.287. The van der Waals surface area contributed by atoms with Crippen LogP contribution in [0, 0.1) is 29.6 Å². The molecule has 0 aromatic carbocycles. The predicted molar refractivity (Wildman–Crippen MR) is 212 cm³/mol. The third-order valence-electron chi connectivity index (χ3n) is 11.9. The molecular weight excluding hydrogens is 768 g/mol. The van der Waals surface area contributed by atoms with Crippen molar-refractivity contribution in [3.05, 3.63) is 23.2 Å². The van der Waals surface area contributed by atoms with Crippen molar-refractivity contribution in [2.24, 2.45) is 29.6 Å². The molecule has 1 aromatic rings. The van der Waals surface area contributed by atoms with Gasteiger partial charge >= 0.3 is 23.9 Å². The van der Waals surface area contributed by atoms with Gasteiger partial charge in [-0.05, 0) is 67.1 Å². The molecule has 13 atom stereocenters. The fraction of sp³-hybridized carbons (Fsp3) is 0.810. The number of carbonyl (C=O) groups excluding carboxylic acids is 3. The molecule has 0 spiro atoms. The van der Waals surface area contributed by atoms with Gasteiger partial charge < -0.3 is 48.3 Å². The van der Waals surface area contributed by atoms with Gasteiger partial charge in [0, 0.05) is 18.4 Å². The highest BCUT2D eigenvalue weighted by Crippen LogP contribution is 2.48. The number of carboxylic acid groups (broad SMARTS) is 1. The van der Waals surface area contributed by atoms with E-state index in [1.165, 1.54) is 10.9 Å². The smallest absolute Gasteiger partial charge is 0.325 e. The Labute approximate surface area is 348 Å². The number of aromatic nitrogens is 3. The highest BCUT2D eigenvalue weighted by molar-refractivity contribution is 5.75. The molecule has 1 aromatic heterocycles. The van der Waals surface area contributed by atoms with Crippen LogP contribution in [-0.2, 0) is 65.5 Å². The standard InChI is InChI=1S/C42H68N4O13/c1-15-30-42(12,59-38(51)22(4)5)36(56-37(50)21(2)3)25(8)33-23(6)17-41(11,58-33)35(57-40-32(49)29(45(13)14)16-24(7)54-40)26(9)34(27(10)39(52)55-30)53-20-28-18-46(44-43-28)19-31(47)48/h18,21-22,24-27,29-30,32,34-36,40,49H,15-17,19-20H2,1-14H3,(H,47,48)/t24-,25+,26+,27-,29+,30-,32-,34+,35-,36-,40+,41-,42-/m1/s1. The Morgan fingerprint density at radius 1 is 1.03 bits per heavy atom. The number of likely N-dealkylation sites (N-methyl/N-ethyl adjacent to an activating group) is 1. The van der Waals surface area contributed by atoms with E-state index in [9.17, 15) is 29.4 Å². The lowest BCUT2D eigenvalue weighted by Crippen LogP contribution is -2.59. The first-order chi connectivity index (χ1) is 27.4. The van der Waals surface area contributed by atoms with Crippen LogP contribution in [0.15, 0.2) is 17.5 Å². The van der Waals surface area contributed by atoms with Crippen LogP contribution in [0.3, 0.4) is 0 Å². The average molecular weight is 837 g/mol. The number of nitrogens with zero attached hydrogens (tertiary/aromatic N) is 4. The molecule has 2 saturated heterocycles. The number of hydrogen-bond donors (Lipinski definition) is 2. The molecule has 3 aliphatic rings. The molecule has 0 saturated carbocycles. The van der Waals surface area contributed by atoms with Crippen LogP contribution in [0.1, 0.15) is 108 Å². The maximum absolute atomic E-state index is 14.6. The zero-order chi connectivity index (χ0) is 44.3. The van der Waals surface area contributed by atoms with Crippen LogP contribution < -0.4 is 0 Å². The Balaban J connectivity index is 1.92. The number of fused-ring (bicyclic) bond motifs is 2. The molecule has 4 rings (SSSR count). The minimum atomic E-state index is -1.70. The second-order valence-electron chi connectivity index (χ2n) is 18.0. The van der Waals surface area contributed by atoms with E-state index in [0.29, 0.717) is 24.3 Å². The first-order valence-electron chi connectivity index (χ1n) is 20.8. The average Bonchev–Trinajstić information content (AvgIpc) is 3.73. The van der Waals surface area contributed by atoms with Crippen LogP contribution in [0.4, 0.5) is 0 Å². The van der Waals surface area contributed by atoms with Gasteiger partial charge in [-0.3, -0.25) is 19.2 Å². The maximum Gasteiger partial charge on any atom is 0.325 e. The number of carboxylic acids is 1. The Hall–Kier alpha value is -3.64. The molecule has 2 N–H and O–H groups in total. The molecule has 2 fully saturated rings. The van der Waals surface area contributed by atoms with E-state index in [1.807, 2.05) is 53.6 Å². The van der Waals surface area contributed by atoms with Crippen LogP contribution >= 0.6 is 0 Å². The normalized spacial score (nSPS) is 35.8. The van der Waals surface area contributed by atoms with Gasteiger partial charge in [0.25, 0.3) is 0 Å². The number of aliphatic hydroxyl groups is 1. The van der Waals surface area contributed by atoms with Crippen LogP contribution in [0.5, 0.6) is 0 Å². The third kappa shape index (κ3) is 10.8. The zero-order valence-electron chi connectivity index (χ0n) is 37.3. The summed E-state index contributed by atoms with van der Waals surface area (Å²) in [7, 11) is 3.77. The predicted octanol–water partition coefficient (Wildman–Crippen LogP) is 4.28. The Kier molecular flexibility index (Phi) is 15.8. The number of rotatable bonds is 13. The van der Waals surface area contributed by atoms with E-state index in [0.717, 1.165) is 5.57 Å². The lowest BCUT2D eigenvalue weighted by molar-refractivity contribution is -0.299. The molecule has 334 valence electrons. The molecule has 2 bridgehead atoms. The summed E-state index contributed by atoms with van der Waals surface area (Å²) in [6.07, 6.45) is -4.05. The summed E-state index contributed by atoms with van der Waals surface area (Å²) < 4.78 is 47.0. The van der Waals surface area contributed by atoms with Crippen LogP contribution in [-0.4, -0.2) is 128 Å². The van der Waals surface area contributed by atoms with Crippen molar-refractivity contribution in [2.45, 2.75) is 176 Å². The van der Waals surface area contributed by atoms with Crippen LogP contribution in [0.25, 0.3) is 0 Å². The van der Waals surface area contributed by atoms with Crippen molar-refractivity contribution in [3.8, 4) is 0 Å². The molecule has 17 nitrogen and oxygen atoms in total. The van der Waals surface area contributed by atoms with Crippen molar-refractivity contribution in [1.29, 1.82) is 0 Å². The Bertz CT molecular complexity index is 1680. The van der Waals surface area contributed by atoms with Gasteiger partial charge in [-0.15, -0.1) is 5.10 Å². The van der Waals surface area contributed by atoms with Crippen molar-refractivity contribution < 1.29 is 62.5 Å². The number of cyclic esters (lactones) is 1. The molecule has 3 aliphatic heterocycles. The summed E-state index contributed by atoms with van der Waals surface area (Å²) in [6.45, 7) is 20.7. The molecule has 17 heteroatoms. The van der Waals surface area contributed by atoms with Gasteiger partial charge in [0.05, 0.1) is 48.7 Å². The molecule has 0 unspecified atom stereocenters. The number of esters is 3. The van der Waals surface area contributed by atoms with Crippen molar-refractivity contribution in [2.75, 3.05) is 14.1 Å². The van der Waals surface area contributed by atoms with E-state index in [1.54, 1.807) is 48.5 Å². The quantitative estimate of drug-likeness (QED) is 0.210. The van der Waals surface area contributed by atoms with E-state index in [-0.39, 0.29) is 25.2 Å². The van der Waals surface area contributed by atoms with Gasteiger partial charge in [0.1, 0.15) is 41.9 Å².